The van der Waals surface area contributed by atoms with Crippen LogP contribution in [0.4, 0.5) is 4.39 Å². The van der Waals surface area contributed by atoms with Gasteiger partial charge in [0.1, 0.15) is 0 Å². The molecule has 0 heterocycles. The number of rotatable bonds is 5. The molecule has 1 fully saturated rings. The zero-order chi connectivity index (χ0) is 15.5. The lowest BCUT2D eigenvalue weighted by Crippen LogP contribution is -2.35. The van der Waals surface area contributed by atoms with Crippen molar-refractivity contribution >= 4 is 0 Å². The summed E-state index contributed by atoms with van der Waals surface area (Å²) in [5, 5.41) is 3.44. The fourth-order valence-corrected chi connectivity index (χ4v) is 3.55. The van der Waals surface area contributed by atoms with Crippen LogP contribution in [0, 0.1) is 17.2 Å². The molecule has 2 nitrogen and oxygen atoms in total. The average molecular weight is 293 g/mol. The normalized spacial score (nSPS) is 24.8. The first-order valence-electron chi connectivity index (χ1n) is 8.01. The fourth-order valence-electron chi connectivity index (χ4n) is 3.55. The highest BCUT2D eigenvalue weighted by molar-refractivity contribution is 5.34. The zero-order valence-electron chi connectivity index (χ0n) is 13.7. The Kier molecular flexibility index (Phi) is 5.26. The molecule has 2 unspecified atom stereocenters. The molecule has 118 valence electrons. The number of benzene rings is 1. The summed E-state index contributed by atoms with van der Waals surface area (Å²) < 4.78 is 19.8. The van der Waals surface area contributed by atoms with E-state index in [2.05, 4.69) is 26.1 Å². The van der Waals surface area contributed by atoms with Crippen LogP contribution in [0.25, 0.3) is 0 Å². The summed E-state index contributed by atoms with van der Waals surface area (Å²) >= 11 is 0. The van der Waals surface area contributed by atoms with E-state index in [0.717, 1.165) is 31.5 Å². The van der Waals surface area contributed by atoms with Crippen molar-refractivity contribution < 1.29 is 9.13 Å². The van der Waals surface area contributed by atoms with Gasteiger partial charge in [0, 0.05) is 0 Å². The summed E-state index contributed by atoms with van der Waals surface area (Å²) in [4.78, 5) is 0. The third kappa shape index (κ3) is 3.76. The van der Waals surface area contributed by atoms with E-state index in [1.165, 1.54) is 13.5 Å². The molecule has 0 aromatic heterocycles. The fraction of sp³-hybridized carbons (Fsp3) is 0.667. The number of hydrogen-bond acceptors (Lipinski definition) is 2. The lowest BCUT2D eigenvalue weighted by atomic mass is 9.65. The summed E-state index contributed by atoms with van der Waals surface area (Å²) in [6, 6.07) is 5.54. The predicted molar refractivity (Wildman–Crippen MR) is 85.4 cm³/mol. The molecule has 1 aliphatic rings. The van der Waals surface area contributed by atoms with E-state index in [1.54, 1.807) is 6.07 Å². The second kappa shape index (κ2) is 6.78. The number of nitrogens with one attached hydrogen (secondary N) is 1. The van der Waals surface area contributed by atoms with Crippen LogP contribution < -0.4 is 10.1 Å². The van der Waals surface area contributed by atoms with Crippen LogP contribution in [0.2, 0.25) is 0 Å². The van der Waals surface area contributed by atoms with E-state index in [0.29, 0.717) is 11.7 Å². The Bertz CT molecular complexity index is 472. The monoisotopic (exact) mass is 293 g/mol. The van der Waals surface area contributed by atoms with Gasteiger partial charge >= 0.3 is 0 Å². The number of methoxy groups -OCH3 is 1. The maximum Gasteiger partial charge on any atom is 0.168 e. The van der Waals surface area contributed by atoms with Crippen molar-refractivity contribution in [2.75, 3.05) is 20.2 Å². The van der Waals surface area contributed by atoms with Crippen LogP contribution in [-0.2, 0) is 0 Å². The minimum Gasteiger partial charge on any atom is -0.494 e. The average Bonchev–Trinajstić information content (AvgIpc) is 2.45. The Morgan fingerprint density at radius 2 is 2.14 bits per heavy atom. The second-order valence-electron chi connectivity index (χ2n) is 6.94. The third-order valence-corrected chi connectivity index (χ3v) is 4.80. The summed E-state index contributed by atoms with van der Waals surface area (Å²) in [5.74, 6) is 0.949. The van der Waals surface area contributed by atoms with Crippen LogP contribution in [0.3, 0.4) is 0 Å². The molecular formula is C18H28FNO. The highest BCUT2D eigenvalue weighted by Crippen LogP contribution is 2.47. The maximum atomic E-state index is 14.7. The molecule has 1 aliphatic carbocycles. The molecule has 0 aliphatic heterocycles. The zero-order valence-corrected chi connectivity index (χ0v) is 13.7. The molecule has 0 bridgehead atoms. The van der Waals surface area contributed by atoms with E-state index in [-0.39, 0.29) is 17.2 Å². The van der Waals surface area contributed by atoms with Crippen molar-refractivity contribution in [3.63, 3.8) is 0 Å². The minimum absolute atomic E-state index is 0.177. The first kappa shape index (κ1) is 16.3. The Balaban J connectivity index is 2.30. The van der Waals surface area contributed by atoms with Crippen LogP contribution >= 0.6 is 0 Å². The highest BCUT2D eigenvalue weighted by atomic mass is 19.1. The van der Waals surface area contributed by atoms with E-state index in [1.807, 2.05) is 12.1 Å². The number of halogens is 1. The first-order chi connectivity index (χ1) is 9.98. The number of hydrogen-bond donors (Lipinski definition) is 1. The van der Waals surface area contributed by atoms with Gasteiger partial charge in [0.2, 0.25) is 0 Å². The summed E-state index contributed by atoms with van der Waals surface area (Å²) in [7, 11) is 1.53. The third-order valence-electron chi connectivity index (χ3n) is 4.80. The first-order valence-corrected chi connectivity index (χ1v) is 8.01. The smallest absolute Gasteiger partial charge is 0.168 e. The van der Waals surface area contributed by atoms with Crippen LogP contribution in [0.15, 0.2) is 18.2 Å². The predicted octanol–water partition coefficient (Wildman–Crippen LogP) is 4.35. The maximum absolute atomic E-state index is 14.7. The molecule has 1 aromatic carbocycles. The molecule has 0 saturated heterocycles. The molecule has 1 aromatic rings. The Hall–Kier alpha value is -1.09. The Morgan fingerprint density at radius 3 is 2.81 bits per heavy atom. The molecule has 0 radical (unpaired) electrons. The SMILES string of the molecule is CCNCC1CCC(C)(C)CC1c1cccc(OC)c1F. The minimum atomic E-state index is -0.177. The van der Waals surface area contributed by atoms with Gasteiger partial charge in [0.15, 0.2) is 11.6 Å². The van der Waals surface area contributed by atoms with Gasteiger partial charge in [-0.2, -0.15) is 0 Å². The van der Waals surface area contributed by atoms with Gasteiger partial charge in [-0.25, -0.2) is 4.39 Å². The lowest BCUT2D eigenvalue weighted by molar-refractivity contribution is 0.157. The molecular weight excluding hydrogens is 265 g/mol. The van der Waals surface area contributed by atoms with E-state index < -0.39 is 0 Å². The highest BCUT2D eigenvalue weighted by Gasteiger charge is 2.36. The van der Waals surface area contributed by atoms with Gasteiger partial charge in [-0.1, -0.05) is 32.9 Å². The molecule has 1 N–H and O–H groups in total. The number of ether oxygens (including phenoxy) is 1. The standard InChI is InChI=1S/C18H28FNO/c1-5-20-12-13-9-10-18(2,3)11-15(13)14-7-6-8-16(21-4)17(14)19/h6-8,13,15,20H,5,9-12H2,1-4H3. The molecule has 21 heavy (non-hydrogen) atoms. The van der Waals surface area contributed by atoms with Crippen molar-refractivity contribution in [3.8, 4) is 5.75 Å². The summed E-state index contributed by atoms with van der Waals surface area (Å²) in [6.45, 7) is 8.64. The quantitative estimate of drug-likeness (QED) is 0.871. The van der Waals surface area contributed by atoms with Gasteiger partial charge in [-0.15, -0.1) is 0 Å². The largest absolute Gasteiger partial charge is 0.494 e. The van der Waals surface area contributed by atoms with Crippen molar-refractivity contribution in [1.29, 1.82) is 0 Å². The van der Waals surface area contributed by atoms with Gasteiger partial charge in [-0.05, 0) is 61.2 Å². The molecule has 3 heteroatoms. The van der Waals surface area contributed by atoms with Crippen LogP contribution in [0.1, 0.15) is 51.5 Å². The second-order valence-corrected chi connectivity index (χ2v) is 6.94. The lowest BCUT2D eigenvalue weighted by Gasteiger charge is -2.41. The Labute approximate surface area is 128 Å². The van der Waals surface area contributed by atoms with Gasteiger partial charge in [0.25, 0.3) is 0 Å². The van der Waals surface area contributed by atoms with Gasteiger partial charge in [-0.3, -0.25) is 0 Å². The molecule has 0 spiro atoms. The van der Waals surface area contributed by atoms with Crippen LogP contribution in [-0.4, -0.2) is 20.2 Å². The van der Waals surface area contributed by atoms with Gasteiger partial charge in [0.05, 0.1) is 7.11 Å². The van der Waals surface area contributed by atoms with Crippen molar-refractivity contribution in [1.82, 2.24) is 5.32 Å². The van der Waals surface area contributed by atoms with Crippen LogP contribution in [0.5, 0.6) is 5.75 Å². The van der Waals surface area contributed by atoms with Crippen molar-refractivity contribution in [2.45, 2.75) is 46.0 Å². The van der Waals surface area contributed by atoms with Gasteiger partial charge < -0.3 is 10.1 Å². The Morgan fingerprint density at radius 1 is 1.38 bits per heavy atom. The van der Waals surface area contributed by atoms with E-state index in [9.17, 15) is 4.39 Å². The molecule has 1 saturated carbocycles. The van der Waals surface area contributed by atoms with E-state index >= 15 is 0 Å². The molecule has 2 rings (SSSR count). The topological polar surface area (TPSA) is 21.3 Å². The van der Waals surface area contributed by atoms with Crippen molar-refractivity contribution in [3.05, 3.63) is 29.6 Å². The summed E-state index contributed by atoms with van der Waals surface area (Å²) in [5.41, 5.74) is 1.10. The summed E-state index contributed by atoms with van der Waals surface area (Å²) in [6.07, 6.45) is 3.40. The van der Waals surface area contributed by atoms with Crippen molar-refractivity contribution in [2.24, 2.45) is 11.3 Å². The van der Waals surface area contributed by atoms with E-state index in [4.69, 9.17) is 4.74 Å². The molecule has 2 atom stereocenters. The molecule has 0 amide bonds.